The molecule has 3 N–H and O–H groups in total. The number of carbonyl (C=O) groups is 3. The number of hydrogen-bond donors (Lipinski definition) is 3. The van der Waals surface area contributed by atoms with Crippen molar-refractivity contribution in [3.8, 4) is 0 Å². The van der Waals surface area contributed by atoms with Gasteiger partial charge in [-0.15, -0.1) is 11.8 Å². The van der Waals surface area contributed by atoms with Crippen molar-refractivity contribution in [1.82, 2.24) is 5.32 Å². The van der Waals surface area contributed by atoms with Crippen molar-refractivity contribution in [3.05, 3.63) is 53.1 Å². The molecule has 0 atom stereocenters. The molecule has 0 aliphatic rings. The van der Waals surface area contributed by atoms with Crippen molar-refractivity contribution >= 4 is 52.5 Å². The summed E-state index contributed by atoms with van der Waals surface area (Å²) < 4.78 is 4.89. The maximum atomic E-state index is 12.7. The highest BCUT2D eigenvalue weighted by molar-refractivity contribution is 8.00. The zero-order valence-corrected chi connectivity index (χ0v) is 17.7. The molecule has 154 valence electrons. The lowest BCUT2D eigenvalue weighted by atomic mass is 10.2. The molecule has 0 saturated heterocycles. The van der Waals surface area contributed by atoms with Crippen LogP contribution in [0.1, 0.15) is 17.3 Å². The maximum absolute atomic E-state index is 12.7. The van der Waals surface area contributed by atoms with E-state index >= 15 is 0 Å². The van der Waals surface area contributed by atoms with Crippen molar-refractivity contribution in [2.45, 2.75) is 11.8 Å². The lowest BCUT2D eigenvalue weighted by molar-refractivity contribution is -0.118. The molecule has 2 rings (SSSR count). The van der Waals surface area contributed by atoms with Gasteiger partial charge in [0, 0.05) is 31.2 Å². The Morgan fingerprint density at radius 3 is 2.55 bits per heavy atom. The molecule has 0 aromatic heterocycles. The van der Waals surface area contributed by atoms with Crippen molar-refractivity contribution in [2.75, 3.05) is 36.6 Å². The second kappa shape index (κ2) is 11.5. The van der Waals surface area contributed by atoms with E-state index in [0.717, 1.165) is 0 Å². The molecule has 0 aliphatic heterocycles. The smallest absolute Gasteiger partial charge is 0.256 e. The zero-order valence-electron chi connectivity index (χ0n) is 16.1. The summed E-state index contributed by atoms with van der Waals surface area (Å²) in [5.41, 5.74) is 1.39. The van der Waals surface area contributed by atoms with Crippen LogP contribution < -0.4 is 16.0 Å². The summed E-state index contributed by atoms with van der Waals surface area (Å²) in [6.07, 6.45) is 0. The van der Waals surface area contributed by atoms with Crippen LogP contribution in [-0.4, -0.2) is 43.7 Å². The molecule has 9 heteroatoms. The van der Waals surface area contributed by atoms with Crippen LogP contribution in [0, 0.1) is 0 Å². The fourth-order valence-electron chi connectivity index (χ4n) is 2.35. The summed E-state index contributed by atoms with van der Waals surface area (Å²) >= 11 is 7.48. The third kappa shape index (κ3) is 7.41. The van der Waals surface area contributed by atoms with Gasteiger partial charge in [0.25, 0.3) is 5.91 Å². The zero-order chi connectivity index (χ0) is 21.2. The van der Waals surface area contributed by atoms with Crippen LogP contribution >= 0.6 is 23.4 Å². The van der Waals surface area contributed by atoms with Gasteiger partial charge in [0.15, 0.2) is 0 Å². The SMILES string of the molecule is COCCNC(=O)CSc1ccccc1C(=O)Nc1ccc(NC(C)=O)cc1Cl. The summed E-state index contributed by atoms with van der Waals surface area (Å²) in [7, 11) is 1.56. The Hall–Kier alpha value is -2.55. The van der Waals surface area contributed by atoms with Gasteiger partial charge in [0.2, 0.25) is 11.8 Å². The van der Waals surface area contributed by atoms with Gasteiger partial charge in [-0.25, -0.2) is 0 Å². The van der Waals surface area contributed by atoms with Crippen molar-refractivity contribution in [2.24, 2.45) is 0 Å². The van der Waals surface area contributed by atoms with E-state index in [-0.39, 0.29) is 23.5 Å². The molecule has 0 unspecified atom stereocenters. The minimum atomic E-state index is -0.345. The molecule has 2 aromatic carbocycles. The van der Waals surface area contributed by atoms with Gasteiger partial charge < -0.3 is 20.7 Å². The van der Waals surface area contributed by atoms with Gasteiger partial charge in [-0.3, -0.25) is 14.4 Å². The number of amides is 3. The first-order valence-corrected chi connectivity index (χ1v) is 10.1. The molecule has 7 nitrogen and oxygen atoms in total. The minimum Gasteiger partial charge on any atom is -0.383 e. The van der Waals surface area contributed by atoms with Crippen LogP contribution in [0.15, 0.2) is 47.4 Å². The topological polar surface area (TPSA) is 96.5 Å². The molecule has 0 radical (unpaired) electrons. The average Bonchev–Trinajstić information content (AvgIpc) is 2.68. The van der Waals surface area contributed by atoms with Gasteiger partial charge in [-0.1, -0.05) is 23.7 Å². The number of methoxy groups -OCH3 is 1. The maximum Gasteiger partial charge on any atom is 0.256 e. The fraction of sp³-hybridized carbons (Fsp3) is 0.250. The third-order valence-corrected chi connectivity index (χ3v) is 5.04. The summed E-state index contributed by atoms with van der Waals surface area (Å²) in [5.74, 6) is -0.517. The number of carbonyl (C=O) groups excluding carboxylic acids is 3. The van der Waals surface area contributed by atoms with E-state index in [1.807, 2.05) is 0 Å². The minimum absolute atomic E-state index is 0.140. The number of benzene rings is 2. The van der Waals surface area contributed by atoms with E-state index in [9.17, 15) is 14.4 Å². The number of hydrogen-bond acceptors (Lipinski definition) is 5. The van der Waals surface area contributed by atoms with Gasteiger partial charge in [0.1, 0.15) is 0 Å². The Morgan fingerprint density at radius 2 is 1.86 bits per heavy atom. The summed E-state index contributed by atoms with van der Waals surface area (Å²) in [5, 5.41) is 8.42. The van der Waals surface area contributed by atoms with E-state index in [4.69, 9.17) is 16.3 Å². The van der Waals surface area contributed by atoms with E-state index < -0.39 is 0 Å². The second-order valence-corrected chi connectivity index (χ2v) is 7.38. The first-order valence-electron chi connectivity index (χ1n) is 8.76. The fourth-order valence-corrected chi connectivity index (χ4v) is 3.46. The number of ether oxygens (including phenoxy) is 1. The van der Waals surface area contributed by atoms with Crippen LogP contribution in [-0.2, 0) is 14.3 Å². The Morgan fingerprint density at radius 1 is 1.10 bits per heavy atom. The lowest BCUT2D eigenvalue weighted by Crippen LogP contribution is -2.28. The van der Waals surface area contributed by atoms with Crippen LogP contribution in [0.4, 0.5) is 11.4 Å². The molecule has 0 fully saturated rings. The Labute approximate surface area is 178 Å². The molecular formula is C20H22ClN3O4S. The molecule has 0 heterocycles. The van der Waals surface area contributed by atoms with Gasteiger partial charge in [-0.2, -0.15) is 0 Å². The number of halogens is 1. The average molecular weight is 436 g/mol. The van der Waals surface area contributed by atoms with E-state index in [0.29, 0.717) is 40.0 Å². The third-order valence-electron chi connectivity index (χ3n) is 3.66. The molecule has 29 heavy (non-hydrogen) atoms. The molecule has 3 amide bonds. The molecular weight excluding hydrogens is 414 g/mol. The van der Waals surface area contributed by atoms with Gasteiger partial charge in [-0.05, 0) is 30.3 Å². The molecule has 0 aliphatic carbocycles. The molecule has 0 saturated carbocycles. The number of nitrogens with one attached hydrogen (secondary N) is 3. The summed E-state index contributed by atoms with van der Waals surface area (Å²) in [6, 6.07) is 11.8. The first kappa shape index (κ1) is 22.7. The van der Waals surface area contributed by atoms with E-state index in [1.165, 1.54) is 18.7 Å². The molecule has 0 bridgehead atoms. The number of anilines is 2. The van der Waals surface area contributed by atoms with Crippen LogP contribution in [0.25, 0.3) is 0 Å². The normalized spacial score (nSPS) is 10.3. The Balaban J connectivity index is 2.04. The first-order chi connectivity index (χ1) is 13.9. The Kier molecular flexibility index (Phi) is 8.98. The summed E-state index contributed by atoms with van der Waals surface area (Å²) in [6.45, 7) is 2.28. The Bertz CT molecular complexity index is 892. The van der Waals surface area contributed by atoms with Crippen molar-refractivity contribution in [3.63, 3.8) is 0 Å². The predicted molar refractivity (Wildman–Crippen MR) is 116 cm³/mol. The van der Waals surface area contributed by atoms with Crippen LogP contribution in [0.5, 0.6) is 0 Å². The van der Waals surface area contributed by atoms with Crippen molar-refractivity contribution in [1.29, 1.82) is 0 Å². The second-order valence-electron chi connectivity index (χ2n) is 5.96. The molecule has 0 spiro atoms. The monoisotopic (exact) mass is 435 g/mol. The number of thioether (sulfide) groups is 1. The number of rotatable bonds is 9. The summed E-state index contributed by atoms with van der Waals surface area (Å²) in [4.78, 5) is 36.4. The largest absolute Gasteiger partial charge is 0.383 e. The van der Waals surface area contributed by atoms with E-state index in [2.05, 4.69) is 16.0 Å². The highest BCUT2D eigenvalue weighted by Crippen LogP contribution is 2.28. The van der Waals surface area contributed by atoms with E-state index in [1.54, 1.807) is 49.6 Å². The van der Waals surface area contributed by atoms with Crippen molar-refractivity contribution < 1.29 is 19.1 Å². The molecule has 2 aromatic rings. The highest BCUT2D eigenvalue weighted by atomic mass is 35.5. The quantitative estimate of drug-likeness (QED) is 0.414. The van der Waals surface area contributed by atoms with Gasteiger partial charge in [0.05, 0.1) is 28.6 Å². The predicted octanol–water partition coefficient (Wildman–Crippen LogP) is 3.41. The van der Waals surface area contributed by atoms with Gasteiger partial charge >= 0.3 is 0 Å². The standard InChI is InChI=1S/C20H22ClN3O4S/c1-13(25)23-14-7-8-17(16(21)11-14)24-20(27)15-5-3-4-6-18(15)29-12-19(26)22-9-10-28-2/h3-8,11H,9-10,12H2,1-2H3,(H,22,26)(H,23,25)(H,24,27). The van der Waals surface area contributed by atoms with Crippen LogP contribution in [0.2, 0.25) is 5.02 Å². The highest BCUT2D eigenvalue weighted by Gasteiger charge is 2.14. The lowest BCUT2D eigenvalue weighted by Gasteiger charge is -2.12. The van der Waals surface area contributed by atoms with Crippen LogP contribution in [0.3, 0.4) is 0 Å².